The molecule has 2 amide bonds. The Kier molecular flexibility index (Phi) is 6.23. The van der Waals surface area contributed by atoms with Crippen molar-refractivity contribution in [1.82, 2.24) is 15.2 Å². The lowest BCUT2D eigenvalue weighted by molar-refractivity contribution is -0.128. The van der Waals surface area contributed by atoms with E-state index in [1.165, 1.54) is 0 Å². The molecule has 0 unspecified atom stereocenters. The fourth-order valence-corrected chi connectivity index (χ4v) is 4.48. The topological polar surface area (TPSA) is 80.8 Å². The van der Waals surface area contributed by atoms with Crippen LogP contribution in [0.4, 0.5) is 0 Å². The second-order valence-corrected chi connectivity index (χ2v) is 8.44. The summed E-state index contributed by atoms with van der Waals surface area (Å²) in [5, 5.41) is 2.97. The number of hydrogen-bond acceptors (Lipinski definition) is 5. The van der Waals surface area contributed by atoms with Crippen LogP contribution in [-0.2, 0) is 16.1 Å². The number of carbonyl (C=O) groups excluding carboxylic acids is 2. The molecule has 1 atom stereocenters. The van der Waals surface area contributed by atoms with E-state index in [0.29, 0.717) is 23.8 Å². The lowest BCUT2D eigenvalue weighted by Crippen LogP contribution is -2.56. The van der Waals surface area contributed by atoms with Gasteiger partial charge in [0, 0.05) is 24.5 Å². The van der Waals surface area contributed by atoms with Crippen molar-refractivity contribution in [2.24, 2.45) is 5.92 Å². The van der Waals surface area contributed by atoms with Crippen LogP contribution < -0.4 is 10.1 Å². The van der Waals surface area contributed by atoms with Gasteiger partial charge in [-0.15, -0.1) is 0 Å². The summed E-state index contributed by atoms with van der Waals surface area (Å²) in [5.41, 5.74) is 0.717. The summed E-state index contributed by atoms with van der Waals surface area (Å²) >= 11 is 0. The zero-order chi connectivity index (χ0) is 21.8. The first-order valence-corrected chi connectivity index (χ1v) is 10.8. The summed E-state index contributed by atoms with van der Waals surface area (Å²) in [5.74, 6) is 0.789. The molecule has 31 heavy (non-hydrogen) atoms. The average molecular weight is 424 g/mol. The van der Waals surface area contributed by atoms with Crippen LogP contribution in [0.5, 0.6) is 5.75 Å². The largest absolute Gasteiger partial charge is 0.497 e. The first-order valence-electron chi connectivity index (χ1n) is 10.8. The fourth-order valence-electron chi connectivity index (χ4n) is 4.48. The molecular weight excluding hydrogens is 394 g/mol. The molecule has 2 aliphatic rings. The number of pyridine rings is 1. The monoisotopic (exact) mass is 423 g/mol. The van der Waals surface area contributed by atoms with Crippen molar-refractivity contribution < 1.29 is 19.1 Å². The smallest absolute Gasteiger partial charge is 0.257 e. The Morgan fingerprint density at radius 2 is 1.97 bits per heavy atom. The summed E-state index contributed by atoms with van der Waals surface area (Å²) in [6.07, 6.45) is 6.78. The maximum absolute atomic E-state index is 13.7. The predicted octanol–water partition coefficient (Wildman–Crippen LogP) is 3.15. The Balaban J connectivity index is 1.59. The number of hydrogen-bond donors (Lipinski definition) is 1. The van der Waals surface area contributed by atoms with Crippen molar-refractivity contribution in [3.05, 3.63) is 59.9 Å². The standard InChI is InChI=1S/C24H29N3O4/c1-17-6-10-24(11-7-17)27(23(29)19-4-3-5-20(14-19)30-2)21(16-31-24)22(28)26-15-18-8-12-25-13-9-18/h3-5,8-9,12-14,17,21H,6-7,10-11,15-16H2,1-2H3,(H,26,28)/t17?,21-,24?/m1/s1. The summed E-state index contributed by atoms with van der Waals surface area (Å²) < 4.78 is 11.5. The number of aromatic nitrogens is 1. The highest BCUT2D eigenvalue weighted by Crippen LogP contribution is 2.43. The minimum Gasteiger partial charge on any atom is -0.497 e. The molecule has 7 nitrogen and oxygen atoms in total. The summed E-state index contributed by atoms with van der Waals surface area (Å²) in [6.45, 7) is 2.80. The highest BCUT2D eigenvalue weighted by atomic mass is 16.5. The van der Waals surface area contributed by atoms with Gasteiger partial charge in [0.05, 0.1) is 13.7 Å². The van der Waals surface area contributed by atoms with E-state index in [2.05, 4.69) is 17.2 Å². The van der Waals surface area contributed by atoms with Crippen LogP contribution in [0.2, 0.25) is 0 Å². The first kappa shape index (κ1) is 21.3. The lowest BCUT2D eigenvalue weighted by atomic mass is 9.83. The van der Waals surface area contributed by atoms with Gasteiger partial charge in [0.15, 0.2) is 0 Å². The highest BCUT2D eigenvalue weighted by molar-refractivity contribution is 5.98. The van der Waals surface area contributed by atoms with Crippen molar-refractivity contribution in [3.63, 3.8) is 0 Å². The third kappa shape index (κ3) is 4.42. The van der Waals surface area contributed by atoms with Crippen molar-refractivity contribution in [3.8, 4) is 5.75 Å². The molecule has 1 aliphatic carbocycles. The second kappa shape index (κ2) is 9.06. The normalized spacial score (nSPS) is 25.4. The summed E-state index contributed by atoms with van der Waals surface area (Å²) in [7, 11) is 1.57. The van der Waals surface area contributed by atoms with Crippen molar-refractivity contribution in [2.75, 3.05) is 13.7 Å². The molecule has 7 heteroatoms. The van der Waals surface area contributed by atoms with Gasteiger partial charge in [-0.1, -0.05) is 13.0 Å². The molecule has 1 aliphatic heterocycles. The molecule has 0 bridgehead atoms. The molecule has 2 aromatic rings. The number of rotatable bonds is 5. The van der Waals surface area contributed by atoms with E-state index in [4.69, 9.17) is 9.47 Å². The van der Waals surface area contributed by atoms with Crippen molar-refractivity contribution >= 4 is 11.8 Å². The third-order valence-corrected chi connectivity index (χ3v) is 6.37. The van der Waals surface area contributed by atoms with E-state index in [9.17, 15) is 9.59 Å². The van der Waals surface area contributed by atoms with Crippen molar-refractivity contribution in [2.45, 2.75) is 50.9 Å². The molecule has 1 aromatic heterocycles. The molecule has 1 saturated carbocycles. The zero-order valence-corrected chi connectivity index (χ0v) is 18.0. The Hall–Kier alpha value is -2.93. The highest BCUT2D eigenvalue weighted by Gasteiger charge is 2.53. The van der Waals surface area contributed by atoms with Crippen LogP contribution in [0.15, 0.2) is 48.8 Å². The number of amides is 2. The zero-order valence-electron chi connectivity index (χ0n) is 18.0. The maximum atomic E-state index is 13.7. The number of methoxy groups -OCH3 is 1. The van der Waals surface area contributed by atoms with Gasteiger partial charge in [-0.25, -0.2) is 0 Å². The Morgan fingerprint density at radius 1 is 1.23 bits per heavy atom. The fraction of sp³-hybridized carbons (Fsp3) is 0.458. The minimum atomic E-state index is -0.731. The quantitative estimate of drug-likeness (QED) is 0.799. The van der Waals surface area contributed by atoms with Crippen molar-refractivity contribution in [1.29, 1.82) is 0 Å². The Morgan fingerprint density at radius 3 is 2.68 bits per heavy atom. The number of ether oxygens (including phenoxy) is 2. The predicted molar refractivity (Wildman–Crippen MR) is 115 cm³/mol. The average Bonchev–Trinajstić information content (AvgIpc) is 3.18. The van der Waals surface area contributed by atoms with Crippen LogP contribution in [0.3, 0.4) is 0 Å². The van der Waals surface area contributed by atoms with Crippen LogP contribution in [0.25, 0.3) is 0 Å². The molecule has 1 N–H and O–H groups in total. The molecule has 164 valence electrons. The summed E-state index contributed by atoms with van der Waals surface area (Å²) in [4.78, 5) is 32.5. The second-order valence-electron chi connectivity index (χ2n) is 8.44. The van der Waals surface area contributed by atoms with E-state index in [1.807, 2.05) is 12.1 Å². The van der Waals surface area contributed by atoms with E-state index in [1.54, 1.807) is 48.7 Å². The van der Waals surface area contributed by atoms with Gasteiger partial charge < -0.3 is 14.8 Å². The number of nitrogens with zero attached hydrogens (tertiary/aromatic N) is 2. The lowest BCUT2D eigenvalue weighted by Gasteiger charge is -2.43. The Labute approximate surface area is 182 Å². The van der Waals surface area contributed by atoms with Gasteiger partial charge in [-0.2, -0.15) is 0 Å². The molecule has 1 aromatic carbocycles. The summed E-state index contributed by atoms with van der Waals surface area (Å²) in [6, 6.07) is 10.1. The maximum Gasteiger partial charge on any atom is 0.257 e. The number of benzene rings is 1. The molecule has 0 radical (unpaired) electrons. The molecular formula is C24H29N3O4. The van der Waals surface area contributed by atoms with Gasteiger partial charge >= 0.3 is 0 Å². The van der Waals surface area contributed by atoms with E-state index >= 15 is 0 Å². The van der Waals surface area contributed by atoms with E-state index in [-0.39, 0.29) is 18.4 Å². The minimum absolute atomic E-state index is 0.199. The molecule has 2 heterocycles. The van der Waals surface area contributed by atoms with E-state index in [0.717, 1.165) is 31.2 Å². The molecule has 4 rings (SSSR count). The molecule has 2 fully saturated rings. The number of nitrogens with one attached hydrogen (secondary N) is 1. The van der Waals surface area contributed by atoms with Gasteiger partial charge in [0.2, 0.25) is 5.91 Å². The van der Waals surface area contributed by atoms with Crippen LogP contribution >= 0.6 is 0 Å². The molecule has 1 saturated heterocycles. The van der Waals surface area contributed by atoms with Crippen LogP contribution in [0.1, 0.15) is 48.5 Å². The SMILES string of the molecule is COc1cccc(C(=O)N2[C@@H](C(=O)NCc3ccncc3)COC23CCC(C)CC3)c1. The number of carbonyl (C=O) groups is 2. The van der Waals surface area contributed by atoms with Gasteiger partial charge in [-0.3, -0.25) is 19.5 Å². The van der Waals surface area contributed by atoms with Crippen LogP contribution in [-0.4, -0.2) is 47.2 Å². The van der Waals surface area contributed by atoms with Gasteiger partial charge in [0.1, 0.15) is 17.5 Å². The van der Waals surface area contributed by atoms with Gasteiger partial charge in [-0.05, 0) is 67.5 Å². The Bertz CT molecular complexity index is 925. The van der Waals surface area contributed by atoms with E-state index < -0.39 is 11.8 Å². The van der Waals surface area contributed by atoms with Crippen LogP contribution in [0, 0.1) is 5.92 Å². The van der Waals surface area contributed by atoms with Gasteiger partial charge in [0.25, 0.3) is 5.91 Å². The molecule has 1 spiro atoms. The third-order valence-electron chi connectivity index (χ3n) is 6.37. The first-order chi connectivity index (χ1) is 15.0.